The van der Waals surface area contributed by atoms with Crippen molar-refractivity contribution < 1.29 is 9.53 Å². The molecule has 0 aliphatic carbocycles. The van der Waals surface area contributed by atoms with Crippen molar-refractivity contribution in [2.45, 2.75) is 6.92 Å². The molecule has 0 unspecified atom stereocenters. The lowest BCUT2D eigenvalue weighted by Crippen LogP contribution is -2.24. The summed E-state index contributed by atoms with van der Waals surface area (Å²) in [5.41, 5.74) is 14.8. The van der Waals surface area contributed by atoms with Gasteiger partial charge in [0, 0.05) is 16.1 Å². The number of benzene rings is 2. The lowest BCUT2D eigenvalue weighted by molar-refractivity contribution is 0.100. The molecule has 1 aliphatic heterocycles. The smallest absolute Gasteiger partial charge is 0.280 e. The van der Waals surface area contributed by atoms with Gasteiger partial charge in [-0.25, -0.2) is 0 Å². The summed E-state index contributed by atoms with van der Waals surface area (Å²) in [7, 11) is 0. The Morgan fingerprint density at radius 1 is 1.17 bits per heavy atom. The maximum absolute atomic E-state index is 12.1. The third-order valence-corrected chi connectivity index (χ3v) is 3.99. The van der Waals surface area contributed by atoms with Gasteiger partial charge in [0.25, 0.3) is 5.91 Å². The zero-order chi connectivity index (χ0) is 17.3. The molecule has 24 heavy (non-hydrogen) atoms. The second-order valence-electron chi connectivity index (χ2n) is 5.44. The summed E-state index contributed by atoms with van der Waals surface area (Å²) in [4.78, 5) is 15.6. The molecular formula is C18H16ClN3O2. The van der Waals surface area contributed by atoms with E-state index in [2.05, 4.69) is 4.99 Å². The molecule has 0 atom stereocenters. The molecule has 5 nitrogen and oxygen atoms in total. The summed E-state index contributed by atoms with van der Waals surface area (Å²) < 4.78 is 5.66. The van der Waals surface area contributed by atoms with Crippen LogP contribution in [0.2, 0.25) is 5.02 Å². The fraction of sp³-hybridized carbons (Fsp3) is 0.111. The summed E-state index contributed by atoms with van der Waals surface area (Å²) in [5.74, 6) is -0.0445. The van der Waals surface area contributed by atoms with E-state index in [1.54, 1.807) is 18.2 Å². The van der Waals surface area contributed by atoms with Crippen LogP contribution in [0.4, 0.5) is 0 Å². The van der Waals surface area contributed by atoms with Crippen LogP contribution >= 0.6 is 11.6 Å². The molecule has 2 aromatic carbocycles. The van der Waals surface area contributed by atoms with Crippen LogP contribution in [-0.4, -0.2) is 18.5 Å². The van der Waals surface area contributed by atoms with Gasteiger partial charge in [-0.3, -0.25) is 4.79 Å². The Kier molecular flexibility index (Phi) is 4.27. The van der Waals surface area contributed by atoms with E-state index in [0.29, 0.717) is 22.9 Å². The third kappa shape index (κ3) is 3.12. The average molecular weight is 342 g/mol. The summed E-state index contributed by atoms with van der Waals surface area (Å²) in [6, 6.07) is 10.8. The van der Waals surface area contributed by atoms with Crippen LogP contribution in [0.1, 0.15) is 27.0 Å². The number of carbonyl (C=O) groups excluding carboxylic acids is 1. The van der Waals surface area contributed by atoms with E-state index in [4.69, 9.17) is 27.8 Å². The zero-order valence-electron chi connectivity index (χ0n) is 13.0. The predicted octanol–water partition coefficient (Wildman–Crippen LogP) is 2.89. The Morgan fingerprint density at radius 3 is 2.67 bits per heavy atom. The van der Waals surface area contributed by atoms with Crippen molar-refractivity contribution in [3.8, 4) is 5.75 Å². The average Bonchev–Trinajstić information content (AvgIpc) is 2.53. The van der Waals surface area contributed by atoms with E-state index in [1.165, 1.54) is 0 Å². The van der Waals surface area contributed by atoms with Gasteiger partial charge in [-0.15, -0.1) is 0 Å². The van der Waals surface area contributed by atoms with E-state index in [-0.39, 0.29) is 5.96 Å². The molecule has 0 saturated heterocycles. The molecular weight excluding hydrogens is 326 g/mol. The predicted molar refractivity (Wildman–Crippen MR) is 95.3 cm³/mol. The lowest BCUT2D eigenvalue weighted by atomic mass is 9.91. The van der Waals surface area contributed by atoms with Crippen molar-refractivity contribution >= 4 is 29.0 Å². The number of halogens is 1. The number of carbonyl (C=O) groups is 1. The molecule has 0 saturated carbocycles. The van der Waals surface area contributed by atoms with Crippen LogP contribution in [-0.2, 0) is 0 Å². The highest BCUT2D eigenvalue weighted by Gasteiger charge is 2.19. The van der Waals surface area contributed by atoms with Crippen LogP contribution in [0.25, 0.3) is 5.57 Å². The quantitative estimate of drug-likeness (QED) is 0.649. The number of aliphatic imine (C=N–C) groups is 1. The molecule has 0 fully saturated rings. The fourth-order valence-electron chi connectivity index (χ4n) is 2.69. The molecule has 0 radical (unpaired) electrons. The monoisotopic (exact) mass is 341 g/mol. The number of fused-ring (bicyclic) bond motifs is 1. The number of guanidine groups is 1. The SMILES string of the molecule is Cc1cc(Cl)ccc1C1=CCOc2ccc(C(=O)N=C(N)N)cc21. The highest BCUT2D eigenvalue weighted by molar-refractivity contribution is 6.30. The molecule has 1 aliphatic rings. The number of rotatable bonds is 2. The number of aryl methyl sites for hydroxylation is 1. The number of nitrogens with zero attached hydrogens (tertiary/aromatic N) is 1. The summed E-state index contributed by atoms with van der Waals surface area (Å²) >= 11 is 6.04. The third-order valence-electron chi connectivity index (χ3n) is 3.75. The van der Waals surface area contributed by atoms with Gasteiger partial charge in [0.15, 0.2) is 5.96 Å². The molecule has 3 rings (SSSR count). The second kappa shape index (κ2) is 6.37. The van der Waals surface area contributed by atoms with Crippen molar-refractivity contribution in [1.29, 1.82) is 0 Å². The van der Waals surface area contributed by atoms with Crippen molar-refractivity contribution in [3.05, 3.63) is 69.8 Å². The first-order valence-corrected chi connectivity index (χ1v) is 7.71. The number of nitrogens with two attached hydrogens (primary N) is 2. The molecule has 1 heterocycles. The maximum atomic E-state index is 12.1. The number of ether oxygens (including phenoxy) is 1. The molecule has 2 aromatic rings. The highest BCUT2D eigenvalue weighted by atomic mass is 35.5. The maximum Gasteiger partial charge on any atom is 0.280 e. The van der Waals surface area contributed by atoms with E-state index < -0.39 is 5.91 Å². The molecule has 1 amide bonds. The van der Waals surface area contributed by atoms with Crippen molar-refractivity contribution in [2.75, 3.05) is 6.61 Å². The first-order chi connectivity index (χ1) is 11.5. The largest absolute Gasteiger partial charge is 0.489 e. The van der Waals surface area contributed by atoms with E-state index in [9.17, 15) is 4.79 Å². The minimum atomic E-state index is -0.490. The molecule has 6 heteroatoms. The first kappa shape index (κ1) is 16.1. The minimum Gasteiger partial charge on any atom is -0.489 e. The Hall–Kier alpha value is -2.79. The van der Waals surface area contributed by atoms with Crippen LogP contribution < -0.4 is 16.2 Å². The van der Waals surface area contributed by atoms with E-state index >= 15 is 0 Å². The zero-order valence-corrected chi connectivity index (χ0v) is 13.8. The van der Waals surface area contributed by atoms with Gasteiger partial charge in [-0.2, -0.15) is 4.99 Å². The summed E-state index contributed by atoms with van der Waals surface area (Å²) in [6.45, 7) is 2.46. The van der Waals surface area contributed by atoms with Crippen LogP contribution in [0.15, 0.2) is 47.5 Å². The fourth-order valence-corrected chi connectivity index (χ4v) is 2.92. The topological polar surface area (TPSA) is 90.7 Å². The molecule has 0 bridgehead atoms. The van der Waals surface area contributed by atoms with Crippen LogP contribution in [0.3, 0.4) is 0 Å². The Morgan fingerprint density at radius 2 is 1.96 bits per heavy atom. The minimum absolute atomic E-state index is 0.265. The molecule has 0 aromatic heterocycles. The van der Waals surface area contributed by atoms with E-state index in [0.717, 1.165) is 22.3 Å². The van der Waals surface area contributed by atoms with Crippen molar-refractivity contribution in [1.82, 2.24) is 0 Å². The van der Waals surface area contributed by atoms with Crippen molar-refractivity contribution in [2.24, 2.45) is 16.5 Å². The van der Waals surface area contributed by atoms with E-state index in [1.807, 2.05) is 31.2 Å². The first-order valence-electron chi connectivity index (χ1n) is 7.33. The van der Waals surface area contributed by atoms with Gasteiger partial charge in [0.2, 0.25) is 0 Å². The standard InChI is InChI=1S/C18H16ClN3O2/c1-10-8-12(19)3-4-13(10)14-6-7-24-16-5-2-11(9-15(14)16)17(23)22-18(20)21/h2-6,8-9H,7H2,1H3,(H4,20,21,22,23). The van der Waals surface area contributed by atoms with Gasteiger partial charge < -0.3 is 16.2 Å². The lowest BCUT2D eigenvalue weighted by Gasteiger charge is -2.21. The van der Waals surface area contributed by atoms with Crippen LogP contribution in [0.5, 0.6) is 5.75 Å². The number of hydrogen-bond donors (Lipinski definition) is 2. The van der Waals surface area contributed by atoms with Crippen LogP contribution in [0, 0.1) is 6.92 Å². The normalized spacial score (nSPS) is 12.7. The molecule has 122 valence electrons. The summed E-state index contributed by atoms with van der Waals surface area (Å²) in [5, 5.41) is 0.681. The van der Waals surface area contributed by atoms with Gasteiger partial charge in [-0.1, -0.05) is 17.7 Å². The van der Waals surface area contributed by atoms with Gasteiger partial charge >= 0.3 is 0 Å². The van der Waals surface area contributed by atoms with Gasteiger partial charge in [-0.05, 0) is 60.0 Å². The Labute approximate surface area is 144 Å². The molecule has 0 spiro atoms. The second-order valence-corrected chi connectivity index (χ2v) is 5.88. The Bertz CT molecular complexity index is 884. The van der Waals surface area contributed by atoms with Gasteiger partial charge in [0.1, 0.15) is 12.4 Å². The van der Waals surface area contributed by atoms with Crippen molar-refractivity contribution in [3.63, 3.8) is 0 Å². The number of hydrogen-bond acceptors (Lipinski definition) is 2. The number of amides is 1. The highest BCUT2D eigenvalue weighted by Crippen LogP contribution is 2.36. The Balaban J connectivity index is 2.09. The summed E-state index contributed by atoms with van der Waals surface area (Å²) in [6.07, 6.45) is 1.98. The molecule has 4 N–H and O–H groups in total. The van der Waals surface area contributed by atoms with Gasteiger partial charge in [0.05, 0.1) is 0 Å².